The molecule has 0 radical (unpaired) electrons. The fourth-order valence-corrected chi connectivity index (χ4v) is 5.70. The lowest BCUT2D eigenvalue weighted by molar-refractivity contribution is -0.133. The van der Waals surface area contributed by atoms with Gasteiger partial charge in [0.1, 0.15) is 12.1 Å². The lowest BCUT2D eigenvalue weighted by Gasteiger charge is -2.38. The van der Waals surface area contributed by atoms with Crippen LogP contribution in [0.4, 0.5) is 5.82 Å². The smallest absolute Gasteiger partial charge is 0.231 e. The molecule has 2 fully saturated rings. The molecule has 1 N–H and O–H groups in total. The quantitative estimate of drug-likeness (QED) is 0.677. The normalized spacial score (nSPS) is 24.2. The maximum Gasteiger partial charge on any atom is 0.231 e. The van der Waals surface area contributed by atoms with Gasteiger partial charge >= 0.3 is 0 Å². The molecular formula is C26H34ClN5O3. The first-order valence-corrected chi connectivity index (χ1v) is 13.0. The number of fused-ring (bicyclic) bond motifs is 1. The largest absolute Gasteiger partial charge is 0.387 e. The molecule has 2 aliphatic heterocycles. The van der Waals surface area contributed by atoms with Crippen LogP contribution in [-0.4, -0.2) is 89.8 Å². The first kappa shape index (κ1) is 24.4. The number of hydrogen-bond donors (Lipinski definition) is 1. The van der Waals surface area contributed by atoms with Gasteiger partial charge in [-0.3, -0.25) is 9.69 Å². The SMILES string of the molecule is C[C@@H]1C[C@@H](O)c2ncnc(N3CCN(C(=O)[C@H](CN4CCCOCC4)c4ccc(Cl)cc4)CC3)c21. The molecule has 0 bridgehead atoms. The summed E-state index contributed by atoms with van der Waals surface area (Å²) in [7, 11) is 0. The van der Waals surface area contributed by atoms with Crippen LogP contribution in [0.2, 0.25) is 5.02 Å². The Bertz CT molecular complexity index is 1020. The number of benzene rings is 1. The van der Waals surface area contributed by atoms with Crippen LogP contribution in [0.15, 0.2) is 30.6 Å². The number of carbonyl (C=O) groups is 1. The zero-order valence-corrected chi connectivity index (χ0v) is 21.0. The van der Waals surface area contributed by atoms with Gasteiger partial charge in [-0.15, -0.1) is 0 Å². The van der Waals surface area contributed by atoms with E-state index in [1.807, 2.05) is 29.2 Å². The molecule has 1 aromatic carbocycles. The lowest BCUT2D eigenvalue weighted by Crippen LogP contribution is -2.51. The number of piperazine rings is 1. The van der Waals surface area contributed by atoms with Gasteiger partial charge in [0.25, 0.3) is 0 Å². The van der Waals surface area contributed by atoms with Crippen molar-refractivity contribution in [3.8, 4) is 0 Å². The average Bonchev–Trinajstić information content (AvgIpc) is 3.03. The minimum atomic E-state index is -0.519. The highest BCUT2D eigenvalue weighted by Gasteiger charge is 2.35. The minimum Gasteiger partial charge on any atom is -0.387 e. The molecule has 3 heterocycles. The Morgan fingerprint density at radius 3 is 2.66 bits per heavy atom. The van der Waals surface area contributed by atoms with Crippen LogP contribution in [0.1, 0.15) is 54.5 Å². The summed E-state index contributed by atoms with van der Waals surface area (Å²) in [6.07, 6.45) is 2.70. The molecule has 9 heteroatoms. The molecule has 188 valence electrons. The number of carbonyl (C=O) groups excluding carboxylic acids is 1. The third-order valence-corrected chi connectivity index (χ3v) is 7.75. The van der Waals surface area contributed by atoms with Gasteiger partial charge in [0.2, 0.25) is 5.91 Å². The zero-order valence-electron chi connectivity index (χ0n) is 20.3. The number of nitrogens with zero attached hydrogens (tertiary/aromatic N) is 5. The fourth-order valence-electron chi connectivity index (χ4n) is 5.57. The third kappa shape index (κ3) is 5.31. The molecule has 1 aromatic heterocycles. The van der Waals surface area contributed by atoms with Gasteiger partial charge in [-0.2, -0.15) is 0 Å². The van der Waals surface area contributed by atoms with Crippen molar-refractivity contribution in [2.45, 2.75) is 37.7 Å². The summed E-state index contributed by atoms with van der Waals surface area (Å²) < 4.78 is 5.62. The molecule has 0 spiro atoms. The molecule has 1 aliphatic carbocycles. The summed E-state index contributed by atoms with van der Waals surface area (Å²) in [6, 6.07) is 7.69. The predicted molar refractivity (Wildman–Crippen MR) is 135 cm³/mol. The number of hydrogen-bond acceptors (Lipinski definition) is 7. The van der Waals surface area contributed by atoms with Crippen molar-refractivity contribution in [2.24, 2.45) is 0 Å². The van der Waals surface area contributed by atoms with Gasteiger partial charge in [-0.1, -0.05) is 30.7 Å². The van der Waals surface area contributed by atoms with Crippen molar-refractivity contribution >= 4 is 23.3 Å². The second kappa shape index (κ2) is 10.8. The van der Waals surface area contributed by atoms with Crippen LogP contribution < -0.4 is 4.90 Å². The van der Waals surface area contributed by atoms with Crippen molar-refractivity contribution in [3.63, 3.8) is 0 Å². The highest BCUT2D eigenvalue weighted by molar-refractivity contribution is 6.30. The number of halogens is 1. The highest BCUT2D eigenvalue weighted by atomic mass is 35.5. The summed E-state index contributed by atoms with van der Waals surface area (Å²) in [5, 5.41) is 11.0. The molecule has 3 aliphatic rings. The molecule has 5 rings (SSSR count). The number of aromatic nitrogens is 2. The number of anilines is 1. The molecule has 2 aromatic rings. The second-order valence-electron chi connectivity index (χ2n) is 9.83. The maximum absolute atomic E-state index is 13.8. The van der Waals surface area contributed by atoms with Crippen molar-refractivity contribution in [2.75, 3.05) is 63.9 Å². The minimum absolute atomic E-state index is 0.161. The third-order valence-electron chi connectivity index (χ3n) is 7.50. The van der Waals surface area contributed by atoms with Crippen LogP contribution >= 0.6 is 11.6 Å². The topological polar surface area (TPSA) is 82.0 Å². The first-order chi connectivity index (χ1) is 17.0. The van der Waals surface area contributed by atoms with Gasteiger partial charge < -0.3 is 19.6 Å². The molecule has 8 nitrogen and oxygen atoms in total. The number of aliphatic hydroxyl groups is 1. The summed E-state index contributed by atoms with van der Waals surface area (Å²) >= 11 is 6.14. The van der Waals surface area contributed by atoms with Crippen LogP contribution in [0.5, 0.6) is 0 Å². The molecule has 3 atom stereocenters. The highest BCUT2D eigenvalue weighted by Crippen LogP contribution is 2.42. The van der Waals surface area contributed by atoms with E-state index >= 15 is 0 Å². The van der Waals surface area contributed by atoms with E-state index in [0.29, 0.717) is 50.8 Å². The zero-order chi connectivity index (χ0) is 24.4. The fraction of sp³-hybridized carbons (Fsp3) is 0.577. The summed E-state index contributed by atoms with van der Waals surface area (Å²) in [4.78, 5) is 29.3. The molecule has 35 heavy (non-hydrogen) atoms. The van der Waals surface area contributed by atoms with E-state index in [9.17, 15) is 9.90 Å². The van der Waals surface area contributed by atoms with E-state index in [-0.39, 0.29) is 17.7 Å². The van der Waals surface area contributed by atoms with Gasteiger partial charge in [0.05, 0.1) is 24.3 Å². The average molecular weight is 500 g/mol. The Kier molecular flexibility index (Phi) is 7.53. The number of rotatable bonds is 5. The molecule has 0 unspecified atom stereocenters. The van der Waals surface area contributed by atoms with E-state index in [0.717, 1.165) is 48.8 Å². The summed E-state index contributed by atoms with van der Waals surface area (Å²) in [6.45, 7) is 8.76. The van der Waals surface area contributed by atoms with Crippen molar-refractivity contribution in [1.29, 1.82) is 0 Å². The van der Waals surface area contributed by atoms with E-state index in [4.69, 9.17) is 16.3 Å². The van der Waals surface area contributed by atoms with Gasteiger partial charge in [-0.05, 0) is 36.5 Å². The monoisotopic (exact) mass is 499 g/mol. The Morgan fingerprint density at radius 2 is 1.89 bits per heavy atom. The number of aliphatic hydroxyl groups excluding tert-OH is 1. The predicted octanol–water partition coefficient (Wildman–Crippen LogP) is 2.83. The first-order valence-electron chi connectivity index (χ1n) is 12.6. The van der Waals surface area contributed by atoms with Crippen LogP contribution in [0, 0.1) is 0 Å². The number of ether oxygens (including phenoxy) is 1. The van der Waals surface area contributed by atoms with Crippen LogP contribution in [0.25, 0.3) is 0 Å². The Hall–Kier alpha value is -2.26. The van der Waals surface area contributed by atoms with Gasteiger partial charge in [0, 0.05) is 63.0 Å². The standard InChI is InChI=1S/C26H34ClN5O3/c1-18-15-22(33)24-23(18)25(29-17-28-24)31-8-10-32(11-9-31)26(34)21(19-3-5-20(27)6-4-19)16-30-7-2-13-35-14-12-30/h3-6,17-18,21-22,33H,2,7-16H2,1H3/t18-,21-,22-/m1/s1. The van der Waals surface area contributed by atoms with Crippen molar-refractivity contribution in [3.05, 3.63) is 52.4 Å². The van der Waals surface area contributed by atoms with E-state index in [2.05, 4.69) is 26.7 Å². The summed E-state index contributed by atoms with van der Waals surface area (Å²) in [5.74, 6) is 1.05. The van der Waals surface area contributed by atoms with Crippen molar-refractivity contribution < 1.29 is 14.6 Å². The van der Waals surface area contributed by atoms with Gasteiger partial charge in [0.15, 0.2) is 0 Å². The summed E-state index contributed by atoms with van der Waals surface area (Å²) in [5.41, 5.74) is 2.82. The van der Waals surface area contributed by atoms with Gasteiger partial charge in [-0.25, -0.2) is 9.97 Å². The van der Waals surface area contributed by atoms with Crippen LogP contribution in [0.3, 0.4) is 0 Å². The van der Waals surface area contributed by atoms with E-state index < -0.39 is 6.10 Å². The number of amides is 1. The van der Waals surface area contributed by atoms with E-state index in [1.165, 1.54) is 0 Å². The molecule has 2 saturated heterocycles. The lowest BCUT2D eigenvalue weighted by atomic mass is 9.96. The Morgan fingerprint density at radius 1 is 1.11 bits per heavy atom. The van der Waals surface area contributed by atoms with Crippen LogP contribution in [-0.2, 0) is 9.53 Å². The molecule has 1 amide bonds. The molecular weight excluding hydrogens is 466 g/mol. The molecule has 0 saturated carbocycles. The van der Waals surface area contributed by atoms with Crippen molar-refractivity contribution in [1.82, 2.24) is 19.8 Å². The Balaban J connectivity index is 1.30. The second-order valence-corrected chi connectivity index (χ2v) is 10.3. The maximum atomic E-state index is 13.8. The Labute approximate surface area is 211 Å². The van der Waals surface area contributed by atoms with E-state index in [1.54, 1.807) is 6.33 Å².